The van der Waals surface area contributed by atoms with Gasteiger partial charge in [0, 0.05) is 22.4 Å². The molecule has 1 unspecified atom stereocenters. The molecule has 0 fully saturated rings. The maximum Gasteiger partial charge on any atom is 0.413 e. The molecule has 0 saturated heterocycles. The highest BCUT2D eigenvalue weighted by Crippen LogP contribution is 2.45. The summed E-state index contributed by atoms with van der Waals surface area (Å²) in [5, 5.41) is 14.5. The highest BCUT2D eigenvalue weighted by molar-refractivity contribution is 6.12. The predicted octanol–water partition coefficient (Wildman–Crippen LogP) is 3.73. The van der Waals surface area contributed by atoms with Crippen molar-refractivity contribution >= 4 is 34.7 Å². The fourth-order valence-electron chi connectivity index (χ4n) is 3.97. The van der Waals surface area contributed by atoms with Gasteiger partial charge in [-0.1, -0.05) is 24.3 Å². The number of H-pyrrole nitrogens is 1. The molecule has 4 aromatic rings. The van der Waals surface area contributed by atoms with Crippen LogP contribution in [0, 0.1) is 5.82 Å². The highest BCUT2D eigenvalue weighted by atomic mass is 19.1. The third-order valence-electron chi connectivity index (χ3n) is 5.43. The molecule has 2 heterocycles. The first-order valence-electron chi connectivity index (χ1n) is 9.69. The van der Waals surface area contributed by atoms with Gasteiger partial charge >= 0.3 is 6.09 Å². The Bertz CT molecular complexity index is 1370. The number of carbonyl (C=O) groups is 2. The maximum atomic E-state index is 13.5. The van der Waals surface area contributed by atoms with E-state index in [1.165, 1.54) is 36.3 Å². The number of hydrogen-bond acceptors (Lipinski definition) is 5. The number of benzene rings is 3. The normalized spacial score (nSPS) is 17.5. The predicted molar refractivity (Wildman–Crippen MR) is 115 cm³/mol. The van der Waals surface area contributed by atoms with Gasteiger partial charge in [0.05, 0.1) is 18.1 Å². The minimum absolute atomic E-state index is 0.175. The number of aromatic nitrogens is 2. The fraction of sp³-hybridized carbons (Fsp3) is 0.0870. The molecule has 3 N–H and O–H groups in total. The van der Waals surface area contributed by atoms with Crippen LogP contribution in [0.3, 0.4) is 0 Å². The molecular formula is C23H17FN4O4. The van der Waals surface area contributed by atoms with E-state index < -0.39 is 23.5 Å². The van der Waals surface area contributed by atoms with E-state index in [1.807, 2.05) is 0 Å². The van der Waals surface area contributed by atoms with Crippen molar-refractivity contribution in [2.24, 2.45) is 0 Å². The Labute approximate surface area is 181 Å². The molecule has 1 aliphatic rings. The number of imidazole rings is 1. The fourth-order valence-corrected chi connectivity index (χ4v) is 3.97. The summed E-state index contributed by atoms with van der Waals surface area (Å²) in [6.07, 6.45) is -0.680. The smallest absolute Gasteiger partial charge is 0.413 e. The minimum atomic E-state index is -1.85. The average Bonchev–Trinajstić information content (AvgIpc) is 3.30. The van der Waals surface area contributed by atoms with Crippen molar-refractivity contribution in [3.8, 4) is 0 Å². The summed E-state index contributed by atoms with van der Waals surface area (Å²) in [5.74, 6) is -0.687. The summed E-state index contributed by atoms with van der Waals surface area (Å²) in [6.45, 7) is 0. The Balaban J connectivity index is 1.67. The van der Waals surface area contributed by atoms with Crippen LogP contribution in [0.15, 0.2) is 66.7 Å². The summed E-state index contributed by atoms with van der Waals surface area (Å²) < 4.78 is 18.1. The van der Waals surface area contributed by atoms with Crippen LogP contribution in [0.4, 0.5) is 20.8 Å². The average molecular weight is 432 g/mol. The van der Waals surface area contributed by atoms with Crippen LogP contribution in [0.2, 0.25) is 0 Å². The lowest BCUT2D eigenvalue weighted by Crippen LogP contribution is -2.45. The van der Waals surface area contributed by atoms with Gasteiger partial charge in [0.25, 0.3) is 5.91 Å². The number of amides is 2. The number of methoxy groups -OCH3 is 1. The van der Waals surface area contributed by atoms with Crippen molar-refractivity contribution in [1.82, 2.24) is 9.97 Å². The second-order valence-corrected chi connectivity index (χ2v) is 7.27. The zero-order chi connectivity index (χ0) is 22.5. The number of aliphatic hydroxyl groups is 1. The lowest BCUT2D eigenvalue weighted by atomic mass is 9.93. The summed E-state index contributed by atoms with van der Waals surface area (Å²) in [4.78, 5) is 33.2. The zero-order valence-corrected chi connectivity index (χ0v) is 16.8. The molecular weight excluding hydrogens is 415 g/mol. The number of carbonyl (C=O) groups excluding carboxylic acids is 2. The molecule has 0 radical (unpaired) electrons. The topological polar surface area (TPSA) is 108 Å². The minimum Gasteiger partial charge on any atom is -0.453 e. The number of fused-ring (bicyclic) bond motifs is 2. The molecule has 160 valence electrons. The molecule has 32 heavy (non-hydrogen) atoms. The Morgan fingerprint density at radius 2 is 1.91 bits per heavy atom. The number of nitrogens with one attached hydrogen (secondary N) is 2. The number of nitrogens with zero attached hydrogens (tertiary/aromatic N) is 2. The first-order valence-corrected chi connectivity index (χ1v) is 9.69. The zero-order valence-electron chi connectivity index (χ0n) is 16.8. The largest absolute Gasteiger partial charge is 0.453 e. The standard InChI is InChI=1S/C23H17FN4O4/c1-32-22(30)27-21-25-18-11-6-13(12-19(18)26-21)23(31)17-5-3-2-4-16(17)20(29)28(23)15-9-7-14(24)8-10-15/h2-12,31H,1H3,(H2,25,26,27,30). The van der Waals surface area contributed by atoms with Crippen molar-refractivity contribution < 1.29 is 23.8 Å². The van der Waals surface area contributed by atoms with Gasteiger partial charge in [0.1, 0.15) is 5.82 Å². The van der Waals surface area contributed by atoms with Gasteiger partial charge in [-0.25, -0.2) is 14.2 Å². The van der Waals surface area contributed by atoms with E-state index in [1.54, 1.807) is 42.5 Å². The van der Waals surface area contributed by atoms with Crippen molar-refractivity contribution in [3.63, 3.8) is 0 Å². The van der Waals surface area contributed by atoms with Crippen molar-refractivity contribution in [1.29, 1.82) is 0 Å². The molecule has 0 bridgehead atoms. The van der Waals surface area contributed by atoms with Crippen LogP contribution in [0.5, 0.6) is 0 Å². The summed E-state index contributed by atoms with van der Waals surface area (Å²) in [6, 6.07) is 17.1. The Kier molecular flexibility index (Phi) is 4.42. The van der Waals surface area contributed by atoms with E-state index in [0.29, 0.717) is 33.4 Å². The van der Waals surface area contributed by atoms with Gasteiger partial charge in [0.15, 0.2) is 5.72 Å². The molecule has 1 atom stereocenters. The first-order chi connectivity index (χ1) is 15.4. The van der Waals surface area contributed by atoms with Gasteiger partial charge in [-0.2, -0.15) is 0 Å². The van der Waals surface area contributed by atoms with E-state index in [2.05, 4.69) is 20.0 Å². The number of anilines is 2. The third kappa shape index (κ3) is 2.90. The Morgan fingerprint density at radius 3 is 2.66 bits per heavy atom. The number of rotatable bonds is 3. The van der Waals surface area contributed by atoms with Crippen LogP contribution >= 0.6 is 0 Å². The first kappa shape index (κ1) is 19.7. The quantitative estimate of drug-likeness (QED) is 0.457. The lowest BCUT2D eigenvalue weighted by Gasteiger charge is -2.34. The molecule has 9 heteroatoms. The Morgan fingerprint density at radius 1 is 1.16 bits per heavy atom. The molecule has 1 aromatic heterocycles. The van der Waals surface area contributed by atoms with Crippen molar-refractivity contribution in [2.45, 2.75) is 5.72 Å². The molecule has 0 spiro atoms. The molecule has 5 rings (SSSR count). The van der Waals surface area contributed by atoms with Crippen LogP contribution in [-0.2, 0) is 10.5 Å². The maximum absolute atomic E-state index is 13.5. The number of halogens is 1. The monoisotopic (exact) mass is 432 g/mol. The van der Waals surface area contributed by atoms with Crippen LogP contribution in [0.25, 0.3) is 11.0 Å². The van der Waals surface area contributed by atoms with E-state index in [0.717, 1.165) is 0 Å². The summed E-state index contributed by atoms with van der Waals surface area (Å²) >= 11 is 0. The lowest BCUT2D eigenvalue weighted by molar-refractivity contribution is 0.0704. The molecule has 3 aromatic carbocycles. The molecule has 1 aliphatic heterocycles. The van der Waals surface area contributed by atoms with Crippen LogP contribution < -0.4 is 10.2 Å². The molecule has 2 amide bonds. The van der Waals surface area contributed by atoms with Gasteiger partial charge in [-0.3, -0.25) is 15.0 Å². The van der Waals surface area contributed by atoms with Crippen LogP contribution in [-0.4, -0.2) is 34.2 Å². The van der Waals surface area contributed by atoms with E-state index in [4.69, 9.17) is 0 Å². The van der Waals surface area contributed by atoms with E-state index in [-0.39, 0.29) is 5.95 Å². The van der Waals surface area contributed by atoms with E-state index in [9.17, 15) is 19.1 Å². The van der Waals surface area contributed by atoms with Gasteiger partial charge in [0.2, 0.25) is 5.95 Å². The number of aromatic amines is 1. The van der Waals surface area contributed by atoms with E-state index >= 15 is 0 Å². The SMILES string of the molecule is COC(=O)Nc1nc2ccc(C3(O)c4ccccc4C(=O)N3c3ccc(F)cc3)cc2[nH]1. The van der Waals surface area contributed by atoms with Gasteiger partial charge in [-0.05, 0) is 42.5 Å². The van der Waals surface area contributed by atoms with Crippen LogP contribution in [0.1, 0.15) is 21.5 Å². The molecule has 0 saturated carbocycles. The Hall–Kier alpha value is -4.24. The molecule has 0 aliphatic carbocycles. The van der Waals surface area contributed by atoms with Crippen molar-refractivity contribution in [3.05, 3.63) is 89.2 Å². The second-order valence-electron chi connectivity index (χ2n) is 7.27. The molecule has 8 nitrogen and oxygen atoms in total. The summed E-state index contributed by atoms with van der Waals surface area (Å²) in [7, 11) is 1.24. The summed E-state index contributed by atoms with van der Waals surface area (Å²) in [5.41, 5.74) is 0.695. The van der Waals surface area contributed by atoms with Gasteiger partial charge < -0.3 is 14.8 Å². The van der Waals surface area contributed by atoms with Crippen molar-refractivity contribution in [2.75, 3.05) is 17.3 Å². The number of hydrogen-bond donors (Lipinski definition) is 3. The second kappa shape index (κ2) is 7.17. The third-order valence-corrected chi connectivity index (χ3v) is 5.43. The highest BCUT2D eigenvalue weighted by Gasteiger charge is 2.50. The number of ether oxygens (including phenoxy) is 1. The van der Waals surface area contributed by atoms with Gasteiger partial charge in [-0.15, -0.1) is 0 Å².